The van der Waals surface area contributed by atoms with E-state index in [4.69, 9.17) is 14.0 Å². The Kier molecular flexibility index (Phi) is 6.73. The van der Waals surface area contributed by atoms with Crippen molar-refractivity contribution in [2.24, 2.45) is 0 Å². The Morgan fingerprint density at radius 2 is 1.82 bits per heavy atom. The molecule has 8 heteroatoms. The first-order valence-corrected chi connectivity index (χ1v) is 11.7. The Hall–Kier alpha value is -3.10. The van der Waals surface area contributed by atoms with Gasteiger partial charge in [-0.25, -0.2) is 4.98 Å². The Balaban J connectivity index is 1.05. The maximum Gasteiger partial charge on any atom is 0.162 e. The van der Waals surface area contributed by atoms with Crippen molar-refractivity contribution in [3.05, 3.63) is 54.4 Å². The molecule has 174 valence electrons. The lowest BCUT2D eigenvalue weighted by molar-refractivity contribution is 0.171. The number of fused-ring (bicyclic) bond motifs is 1. The summed E-state index contributed by atoms with van der Waals surface area (Å²) in [4.78, 5) is 11.7. The minimum atomic E-state index is 0.575. The van der Waals surface area contributed by atoms with Crippen molar-refractivity contribution in [2.45, 2.75) is 13.0 Å². The van der Waals surface area contributed by atoms with Gasteiger partial charge in [0, 0.05) is 44.0 Å². The first-order valence-electron chi connectivity index (χ1n) is 11.7. The zero-order chi connectivity index (χ0) is 22.5. The Morgan fingerprint density at radius 1 is 0.970 bits per heavy atom. The van der Waals surface area contributed by atoms with Crippen LogP contribution in [0, 0.1) is 0 Å². The number of hydrogen-bond acceptors (Lipinski definition) is 8. The molecule has 0 radical (unpaired) electrons. The summed E-state index contributed by atoms with van der Waals surface area (Å²) in [5.41, 5.74) is 1.79. The fourth-order valence-electron chi connectivity index (χ4n) is 4.38. The normalized spacial score (nSPS) is 16.4. The van der Waals surface area contributed by atoms with E-state index in [0.29, 0.717) is 13.2 Å². The van der Waals surface area contributed by atoms with Crippen molar-refractivity contribution in [1.82, 2.24) is 19.9 Å². The lowest BCUT2D eigenvalue weighted by Gasteiger charge is -2.35. The topological polar surface area (TPSA) is 67.1 Å². The Labute approximate surface area is 194 Å². The summed E-state index contributed by atoms with van der Waals surface area (Å²) in [7, 11) is 2.13. The molecule has 2 aliphatic heterocycles. The van der Waals surface area contributed by atoms with Gasteiger partial charge in [-0.2, -0.15) is 0 Å². The highest BCUT2D eigenvalue weighted by molar-refractivity contribution is 5.64. The first kappa shape index (κ1) is 21.7. The van der Waals surface area contributed by atoms with Crippen LogP contribution in [0.4, 0.5) is 5.82 Å². The summed E-state index contributed by atoms with van der Waals surface area (Å²) in [6.07, 6.45) is 2.99. The van der Waals surface area contributed by atoms with E-state index in [1.165, 1.54) is 0 Å². The molecule has 1 aromatic carbocycles. The molecule has 0 atom stereocenters. The second-order valence-electron chi connectivity index (χ2n) is 8.64. The van der Waals surface area contributed by atoms with Crippen molar-refractivity contribution >= 4 is 5.82 Å². The van der Waals surface area contributed by atoms with E-state index in [-0.39, 0.29) is 0 Å². The highest BCUT2D eigenvalue weighted by Gasteiger charge is 2.18. The van der Waals surface area contributed by atoms with E-state index in [2.05, 4.69) is 44.0 Å². The monoisotopic (exact) mass is 449 g/mol. The number of pyridine rings is 1. The van der Waals surface area contributed by atoms with Crippen LogP contribution in [0.15, 0.2) is 53.2 Å². The van der Waals surface area contributed by atoms with Crippen LogP contribution in [0.5, 0.6) is 11.5 Å². The minimum absolute atomic E-state index is 0.575. The molecular weight excluding hydrogens is 418 g/mol. The zero-order valence-electron chi connectivity index (χ0n) is 19.2. The number of hydrogen-bond donors (Lipinski definition) is 0. The van der Waals surface area contributed by atoms with Crippen LogP contribution >= 0.6 is 0 Å². The summed E-state index contributed by atoms with van der Waals surface area (Å²) >= 11 is 0. The summed E-state index contributed by atoms with van der Waals surface area (Å²) in [5, 5.41) is 4.26. The van der Waals surface area contributed by atoms with Crippen LogP contribution in [0.1, 0.15) is 12.2 Å². The quantitative estimate of drug-likeness (QED) is 0.520. The van der Waals surface area contributed by atoms with Gasteiger partial charge in [0.1, 0.15) is 24.7 Å². The second-order valence-corrected chi connectivity index (χ2v) is 8.64. The molecule has 8 nitrogen and oxygen atoms in total. The molecule has 4 heterocycles. The van der Waals surface area contributed by atoms with Gasteiger partial charge in [-0.3, -0.25) is 9.80 Å². The predicted molar refractivity (Wildman–Crippen MR) is 127 cm³/mol. The number of nitrogens with zero attached hydrogens (tertiary/aromatic N) is 5. The van der Waals surface area contributed by atoms with Crippen molar-refractivity contribution in [3.63, 3.8) is 0 Å². The molecule has 1 saturated heterocycles. The third-order valence-electron chi connectivity index (χ3n) is 6.18. The molecule has 2 aromatic heterocycles. The molecule has 2 aliphatic rings. The van der Waals surface area contributed by atoms with Gasteiger partial charge >= 0.3 is 0 Å². The third kappa shape index (κ3) is 5.46. The molecule has 0 N–H and O–H groups in total. The number of piperazine rings is 1. The van der Waals surface area contributed by atoms with Crippen molar-refractivity contribution in [1.29, 1.82) is 0 Å². The van der Waals surface area contributed by atoms with E-state index in [1.807, 2.05) is 36.5 Å². The first-order chi connectivity index (χ1) is 16.2. The SMILES string of the molecule is CN(CCCN1CCN(c2ccccn2)CC1)Cc1cc(-c2ccc3c(c2)OCCO3)no1. The van der Waals surface area contributed by atoms with E-state index < -0.39 is 0 Å². The van der Waals surface area contributed by atoms with Crippen LogP contribution in [-0.2, 0) is 6.54 Å². The predicted octanol–water partition coefficient (Wildman–Crippen LogP) is 3.15. The van der Waals surface area contributed by atoms with E-state index in [0.717, 1.165) is 86.6 Å². The molecule has 0 aliphatic carbocycles. The van der Waals surface area contributed by atoms with Crippen molar-refractivity contribution in [2.75, 3.05) is 64.4 Å². The molecular formula is C25H31N5O3. The number of benzene rings is 1. The zero-order valence-corrected chi connectivity index (χ0v) is 19.2. The van der Waals surface area contributed by atoms with Crippen LogP contribution in [0.2, 0.25) is 0 Å². The van der Waals surface area contributed by atoms with Crippen LogP contribution < -0.4 is 14.4 Å². The number of anilines is 1. The van der Waals surface area contributed by atoms with Crippen LogP contribution in [0.3, 0.4) is 0 Å². The van der Waals surface area contributed by atoms with E-state index >= 15 is 0 Å². The molecule has 1 fully saturated rings. The smallest absolute Gasteiger partial charge is 0.162 e. The number of rotatable bonds is 8. The van der Waals surface area contributed by atoms with Gasteiger partial charge in [-0.15, -0.1) is 0 Å². The highest BCUT2D eigenvalue weighted by Crippen LogP contribution is 2.34. The van der Waals surface area contributed by atoms with Gasteiger partial charge in [0.25, 0.3) is 0 Å². The fraction of sp³-hybridized carbons (Fsp3) is 0.440. The van der Waals surface area contributed by atoms with Crippen LogP contribution in [0.25, 0.3) is 11.3 Å². The fourth-order valence-corrected chi connectivity index (χ4v) is 4.38. The largest absolute Gasteiger partial charge is 0.486 e. The lowest BCUT2D eigenvalue weighted by Crippen LogP contribution is -2.47. The molecule has 0 unspecified atom stereocenters. The number of aromatic nitrogens is 2. The molecule has 0 amide bonds. The summed E-state index contributed by atoms with van der Waals surface area (Å²) in [6.45, 7) is 8.27. The van der Waals surface area contributed by atoms with Crippen LogP contribution in [-0.4, -0.2) is 79.5 Å². The van der Waals surface area contributed by atoms with Crippen molar-refractivity contribution < 1.29 is 14.0 Å². The molecule has 0 bridgehead atoms. The van der Waals surface area contributed by atoms with Gasteiger partial charge in [0.05, 0.1) is 6.54 Å². The van der Waals surface area contributed by atoms with Gasteiger partial charge < -0.3 is 18.9 Å². The second kappa shape index (κ2) is 10.2. The minimum Gasteiger partial charge on any atom is -0.486 e. The van der Waals surface area contributed by atoms with Gasteiger partial charge in [-0.05, 0) is 56.9 Å². The summed E-state index contributed by atoms with van der Waals surface area (Å²) < 4.78 is 16.9. The molecule has 0 spiro atoms. The van der Waals surface area contributed by atoms with E-state index in [1.54, 1.807) is 0 Å². The Morgan fingerprint density at radius 3 is 2.64 bits per heavy atom. The van der Waals surface area contributed by atoms with Gasteiger partial charge in [-0.1, -0.05) is 11.2 Å². The summed E-state index contributed by atoms with van der Waals surface area (Å²) in [5.74, 6) is 3.50. The Bertz CT molecular complexity index is 1030. The standard InChI is InChI=1S/C25H31N5O3/c1-28(9-4-10-29-11-13-30(14-12-29)25-5-2-3-8-26-25)19-21-18-22(27-33-21)20-6-7-23-24(17-20)32-16-15-31-23/h2-3,5-8,17-18H,4,9-16,19H2,1H3. The summed E-state index contributed by atoms with van der Waals surface area (Å²) in [6, 6.07) is 14.0. The average molecular weight is 450 g/mol. The maximum absolute atomic E-state index is 5.68. The molecule has 3 aromatic rings. The van der Waals surface area contributed by atoms with E-state index in [9.17, 15) is 0 Å². The molecule has 33 heavy (non-hydrogen) atoms. The molecule has 0 saturated carbocycles. The lowest BCUT2D eigenvalue weighted by atomic mass is 10.1. The van der Waals surface area contributed by atoms with Gasteiger partial charge in [0.2, 0.25) is 0 Å². The highest BCUT2D eigenvalue weighted by atomic mass is 16.6. The maximum atomic E-state index is 5.68. The van der Waals surface area contributed by atoms with Crippen molar-refractivity contribution in [3.8, 4) is 22.8 Å². The average Bonchev–Trinajstić information content (AvgIpc) is 3.33. The third-order valence-corrected chi connectivity index (χ3v) is 6.18. The van der Waals surface area contributed by atoms with Gasteiger partial charge in [0.15, 0.2) is 17.3 Å². The molecule has 5 rings (SSSR count). The number of ether oxygens (including phenoxy) is 2.